The molecule has 0 unspecified atom stereocenters. The van der Waals surface area contributed by atoms with Crippen molar-refractivity contribution in [2.75, 3.05) is 13.1 Å². The SMILES string of the molecule is O=C(c1cncc(F)c1)N1CC(c2nnc3ccccn23)C1. The number of aromatic nitrogens is 4. The minimum atomic E-state index is -0.508. The van der Waals surface area contributed by atoms with Gasteiger partial charge in [0, 0.05) is 25.5 Å². The fraction of sp³-hybridized carbons (Fsp3) is 0.200. The Kier molecular flexibility index (Phi) is 2.85. The van der Waals surface area contributed by atoms with Crippen molar-refractivity contribution in [1.82, 2.24) is 24.5 Å². The first-order valence-corrected chi connectivity index (χ1v) is 6.92. The number of hydrogen-bond donors (Lipinski definition) is 0. The second-order valence-corrected chi connectivity index (χ2v) is 5.29. The molecule has 0 radical (unpaired) electrons. The fourth-order valence-electron chi connectivity index (χ4n) is 2.66. The van der Waals surface area contributed by atoms with Gasteiger partial charge in [-0.1, -0.05) is 6.07 Å². The monoisotopic (exact) mass is 297 g/mol. The van der Waals surface area contributed by atoms with Gasteiger partial charge in [-0.25, -0.2) is 4.39 Å². The molecule has 4 heterocycles. The van der Waals surface area contributed by atoms with Gasteiger partial charge >= 0.3 is 0 Å². The van der Waals surface area contributed by atoms with Crippen LogP contribution < -0.4 is 0 Å². The summed E-state index contributed by atoms with van der Waals surface area (Å²) in [7, 11) is 0. The molecule has 0 spiro atoms. The highest BCUT2D eigenvalue weighted by Crippen LogP contribution is 2.27. The summed E-state index contributed by atoms with van der Waals surface area (Å²) in [5, 5.41) is 8.31. The summed E-state index contributed by atoms with van der Waals surface area (Å²) in [6.45, 7) is 1.09. The number of fused-ring (bicyclic) bond motifs is 1. The number of hydrogen-bond acceptors (Lipinski definition) is 4. The largest absolute Gasteiger partial charge is 0.337 e. The number of amides is 1. The number of carbonyl (C=O) groups is 1. The van der Waals surface area contributed by atoms with Crippen LogP contribution in [0.5, 0.6) is 0 Å². The van der Waals surface area contributed by atoms with Gasteiger partial charge in [0.05, 0.1) is 17.7 Å². The summed E-state index contributed by atoms with van der Waals surface area (Å²) in [5.74, 6) is 0.267. The van der Waals surface area contributed by atoms with E-state index in [9.17, 15) is 9.18 Å². The number of nitrogens with zero attached hydrogens (tertiary/aromatic N) is 5. The molecule has 22 heavy (non-hydrogen) atoms. The summed E-state index contributed by atoms with van der Waals surface area (Å²) < 4.78 is 15.1. The van der Waals surface area contributed by atoms with E-state index in [4.69, 9.17) is 0 Å². The zero-order valence-corrected chi connectivity index (χ0v) is 11.6. The summed E-state index contributed by atoms with van der Waals surface area (Å²) in [6, 6.07) is 6.91. The minimum Gasteiger partial charge on any atom is -0.337 e. The van der Waals surface area contributed by atoms with E-state index in [2.05, 4.69) is 15.2 Å². The fourth-order valence-corrected chi connectivity index (χ4v) is 2.66. The Morgan fingerprint density at radius 3 is 2.91 bits per heavy atom. The number of carbonyl (C=O) groups excluding carboxylic acids is 1. The number of likely N-dealkylation sites (tertiary alicyclic amines) is 1. The molecule has 0 aromatic carbocycles. The van der Waals surface area contributed by atoms with Crippen LogP contribution in [-0.4, -0.2) is 43.5 Å². The van der Waals surface area contributed by atoms with Crippen molar-refractivity contribution >= 4 is 11.6 Å². The summed E-state index contributed by atoms with van der Waals surface area (Å²) >= 11 is 0. The van der Waals surface area contributed by atoms with Crippen molar-refractivity contribution in [2.45, 2.75) is 5.92 Å². The molecule has 1 amide bonds. The average molecular weight is 297 g/mol. The average Bonchev–Trinajstić information content (AvgIpc) is 2.90. The Hall–Kier alpha value is -2.83. The Morgan fingerprint density at radius 2 is 2.09 bits per heavy atom. The molecule has 6 nitrogen and oxygen atoms in total. The summed E-state index contributed by atoms with van der Waals surface area (Å²) in [5.41, 5.74) is 1.06. The van der Waals surface area contributed by atoms with Crippen LogP contribution in [0.25, 0.3) is 5.65 Å². The maximum atomic E-state index is 13.1. The first kappa shape index (κ1) is 12.9. The molecule has 4 rings (SSSR count). The Morgan fingerprint density at radius 1 is 1.23 bits per heavy atom. The molecule has 0 aliphatic carbocycles. The second kappa shape index (κ2) is 4.87. The van der Waals surface area contributed by atoms with Crippen LogP contribution in [0.1, 0.15) is 22.1 Å². The lowest BCUT2D eigenvalue weighted by Crippen LogP contribution is -2.49. The highest BCUT2D eigenvalue weighted by Gasteiger charge is 2.35. The molecule has 7 heteroatoms. The zero-order valence-electron chi connectivity index (χ0n) is 11.6. The molecule has 3 aromatic heterocycles. The van der Waals surface area contributed by atoms with Crippen LogP contribution in [0.4, 0.5) is 4.39 Å². The molecule has 110 valence electrons. The molecule has 0 N–H and O–H groups in total. The molecule has 1 aliphatic rings. The molecule has 0 saturated carbocycles. The van der Waals surface area contributed by atoms with Gasteiger partial charge in [0.15, 0.2) is 5.65 Å². The lowest BCUT2D eigenvalue weighted by Gasteiger charge is -2.38. The predicted molar refractivity (Wildman–Crippen MR) is 75.8 cm³/mol. The Labute approximate surface area is 125 Å². The van der Waals surface area contributed by atoms with Crippen molar-refractivity contribution in [2.24, 2.45) is 0 Å². The first-order valence-electron chi connectivity index (χ1n) is 6.92. The predicted octanol–water partition coefficient (Wildman–Crippen LogP) is 1.50. The molecule has 1 fully saturated rings. The van der Waals surface area contributed by atoms with Gasteiger partial charge in [-0.3, -0.25) is 14.2 Å². The van der Waals surface area contributed by atoms with E-state index in [0.29, 0.717) is 13.1 Å². The highest BCUT2D eigenvalue weighted by atomic mass is 19.1. The van der Waals surface area contributed by atoms with Gasteiger partial charge < -0.3 is 4.90 Å². The third-order valence-electron chi connectivity index (χ3n) is 3.83. The summed E-state index contributed by atoms with van der Waals surface area (Å²) in [6.07, 6.45) is 4.37. The quantitative estimate of drug-likeness (QED) is 0.719. The van der Waals surface area contributed by atoms with Gasteiger partial charge in [-0.05, 0) is 18.2 Å². The highest BCUT2D eigenvalue weighted by molar-refractivity contribution is 5.94. The standard InChI is InChI=1S/C15H12FN5O/c16-12-5-10(6-17-7-12)15(22)20-8-11(9-20)14-19-18-13-3-1-2-4-21(13)14/h1-7,11H,8-9H2. The van der Waals surface area contributed by atoms with E-state index in [0.717, 1.165) is 17.7 Å². The molecule has 3 aromatic rings. The smallest absolute Gasteiger partial charge is 0.255 e. The van der Waals surface area contributed by atoms with Gasteiger partial charge in [-0.15, -0.1) is 10.2 Å². The van der Waals surface area contributed by atoms with Gasteiger partial charge in [0.2, 0.25) is 0 Å². The van der Waals surface area contributed by atoms with E-state index in [1.54, 1.807) is 4.90 Å². The third kappa shape index (κ3) is 2.02. The molecule has 0 atom stereocenters. The first-order chi connectivity index (χ1) is 10.7. The second-order valence-electron chi connectivity index (χ2n) is 5.29. The van der Waals surface area contributed by atoms with Crippen LogP contribution in [0.3, 0.4) is 0 Å². The summed E-state index contributed by atoms with van der Waals surface area (Å²) in [4.78, 5) is 17.6. The van der Waals surface area contributed by atoms with Gasteiger partial charge in [0.1, 0.15) is 11.6 Å². The van der Waals surface area contributed by atoms with E-state index in [1.165, 1.54) is 12.3 Å². The molecular weight excluding hydrogens is 285 g/mol. The molecular formula is C15H12FN5O. The van der Waals surface area contributed by atoms with E-state index in [1.807, 2.05) is 28.8 Å². The van der Waals surface area contributed by atoms with Crippen LogP contribution in [0.2, 0.25) is 0 Å². The van der Waals surface area contributed by atoms with Crippen LogP contribution in [-0.2, 0) is 0 Å². The lowest BCUT2D eigenvalue weighted by molar-refractivity contribution is 0.0592. The maximum Gasteiger partial charge on any atom is 0.255 e. The lowest BCUT2D eigenvalue weighted by atomic mass is 9.98. The zero-order chi connectivity index (χ0) is 15.1. The molecule has 1 saturated heterocycles. The van der Waals surface area contributed by atoms with Crippen LogP contribution in [0, 0.1) is 5.82 Å². The number of halogens is 1. The topological polar surface area (TPSA) is 63.4 Å². The number of rotatable bonds is 2. The van der Waals surface area contributed by atoms with Crippen molar-refractivity contribution in [1.29, 1.82) is 0 Å². The third-order valence-corrected chi connectivity index (χ3v) is 3.83. The Balaban J connectivity index is 1.51. The van der Waals surface area contributed by atoms with Gasteiger partial charge in [-0.2, -0.15) is 0 Å². The maximum absolute atomic E-state index is 13.1. The minimum absolute atomic E-state index is 0.142. The number of pyridine rings is 2. The Bertz CT molecular complexity index is 856. The molecule has 1 aliphatic heterocycles. The van der Waals surface area contributed by atoms with Crippen molar-refractivity contribution in [3.63, 3.8) is 0 Å². The normalized spacial score (nSPS) is 15.0. The van der Waals surface area contributed by atoms with E-state index >= 15 is 0 Å². The van der Waals surface area contributed by atoms with E-state index < -0.39 is 5.82 Å². The van der Waals surface area contributed by atoms with Crippen molar-refractivity contribution in [3.05, 3.63) is 60.1 Å². The van der Waals surface area contributed by atoms with E-state index in [-0.39, 0.29) is 17.4 Å². The van der Waals surface area contributed by atoms with Crippen LogP contribution in [0.15, 0.2) is 42.9 Å². The molecule has 0 bridgehead atoms. The van der Waals surface area contributed by atoms with Crippen molar-refractivity contribution in [3.8, 4) is 0 Å². The van der Waals surface area contributed by atoms with Gasteiger partial charge in [0.25, 0.3) is 5.91 Å². The van der Waals surface area contributed by atoms with Crippen molar-refractivity contribution < 1.29 is 9.18 Å². The van der Waals surface area contributed by atoms with Crippen LogP contribution >= 0.6 is 0 Å².